The predicted molar refractivity (Wildman–Crippen MR) is 65.4 cm³/mol. The zero-order chi connectivity index (χ0) is 11.1. The van der Waals surface area contributed by atoms with E-state index in [-0.39, 0.29) is 0 Å². The van der Waals surface area contributed by atoms with Gasteiger partial charge in [0.25, 0.3) is 0 Å². The van der Waals surface area contributed by atoms with E-state index in [0.29, 0.717) is 0 Å². The molecule has 3 heteroatoms. The van der Waals surface area contributed by atoms with E-state index < -0.39 is 0 Å². The van der Waals surface area contributed by atoms with E-state index >= 15 is 0 Å². The summed E-state index contributed by atoms with van der Waals surface area (Å²) < 4.78 is 2.24. The summed E-state index contributed by atoms with van der Waals surface area (Å²) >= 11 is 0. The van der Waals surface area contributed by atoms with E-state index in [1.54, 1.807) is 0 Å². The molecule has 0 atom stereocenters. The molecule has 2 heterocycles. The molecule has 0 aliphatic rings. The van der Waals surface area contributed by atoms with Crippen molar-refractivity contribution in [2.45, 2.75) is 20.4 Å². The van der Waals surface area contributed by atoms with Crippen LogP contribution >= 0.6 is 0 Å². The van der Waals surface area contributed by atoms with Gasteiger partial charge in [0.15, 0.2) is 0 Å². The van der Waals surface area contributed by atoms with Crippen LogP contribution in [-0.2, 0) is 6.54 Å². The molecule has 0 aliphatic heterocycles. The van der Waals surface area contributed by atoms with Gasteiger partial charge in [0.2, 0.25) is 0 Å². The lowest BCUT2D eigenvalue weighted by Crippen LogP contribution is -1.97. The molecule has 16 heavy (non-hydrogen) atoms. The summed E-state index contributed by atoms with van der Waals surface area (Å²) in [6, 6.07) is 8.21. The minimum atomic E-state index is 0.941. The van der Waals surface area contributed by atoms with Crippen molar-refractivity contribution in [3.8, 4) is 0 Å². The standard InChI is InChI=1S/C13H13N3/c1-3-16-9(2)15-12-8-14-11-7-5-4-6-10(11)13(12)16/h4-8H,3H2,1-2H3. The Morgan fingerprint density at radius 3 is 2.81 bits per heavy atom. The average Bonchev–Trinajstić information content (AvgIpc) is 2.65. The van der Waals surface area contributed by atoms with Gasteiger partial charge >= 0.3 is 0 Å². The number of aromatic nitrogens is 3. The quantitative estimate of drug-likeness (QED) is 0.619. The van der Waals surface area contributed by atoms with Crippen molar-refractivity contribution in [1.29, 1.82) is 0 Å². The van der Waals surface area contributed by atoms with Crippen LogP contribution in [0.5, 0.6) is 0 Å². The van der Waals surface area contributed by atoms with Crippen LogP contribution in [0.25, 0.3) is 21.9 Å². The van der Waals surface area contributed by atoms with E-state index in [1.807, 2.05) is 31.3 Å². The first kappa shape index (κ1) is 9.33. The number of nitrogens with zero attached hydrogens (tertiary/aromatic N) is 3. The third kappa shape index (κ3) is 1.14. The second-order valence-electron chi connectivity index (χ2n) is 3.91. The van der Waals surface area contributed by atoms with Gasteiger partial charge < -0.3 is 4.57 Å². The number of benzene rings is 1. The fraction of sp³-hybridized carbons (Fsp3) is 0.231. The molecule has 0 amide bonds. The first-order valence-electron chi connectivity index (χ1n) is 5.52. The van der Waals surface area contributed by atoms with Crippen molar-refractivity contribution in [2.24, 2.45) is 0 Å². The lowest BCUT2D eigenvalue weighted by Gasteiger charge is -2.04. The number of hydrogen-bond donors (Lipinski definition) is 0. The summed E-state index contributed by atoms with van der Waals surface area (Å²) in [6.07, 6.45) is 1.86. The molecule has 0 spiro atoms. The molecule has 0 fully saturated rings. The normalized spacial score (nSPS) is 11.4. The predicted octanol–water partition coefficient (Wildman–Crippen LogP) is 2.91. The lowest BCUT2D eigenvalue weighted by molar-refractivity contribution is 0.755. The minimum absolute atomic E-state index is 0.941. The van der Waals surface area contributed by atoms with Crippen molar-refractivity contribution < 1.29 is 0 Å². The highest BCUT2D eigenvalue weighted by Crippen LogP contribution is 2.24. The minimum Gasteiger partial charge on any atom is -0.328 e. The molecule has 0 unspecified atom stereocenters. The van der Waals surface area contributed by atoms with Gasteiger partial charge in [0, 0.05) is 11.9 Å². The highest BCUT2D eigenvalue weighted by Gasteiger charge is 2.09. The van der Waals surface area contributed by atoms with E-state index in [0.717, 1.165) is 23.4 Å². The Hall–Kier alpha value is -1.90. The van der Waals surface area contributed by atoms with Gasteiger partial charge in [0.05, 0.1) is 17.2 Å². The molecule has 0 N–H and O–H groups in total. The smallest absolute Gasteiger partial charge is 0.108 e. The Morgan fingerprint density at radius 1 is 1.19 bits per heavy atom. The molecular formula is C13H13N3. The van der Waals surface area contributed by atoms with Crippen molar-refractivity contribution in [2.75, 3.05) is 0 Å². The molecule has 2 aromatic heterocycles. The molecule has 1 aromatic carbocycles. The SMILES string of the molecule is CCn1c(C)nc2cnc3ccccc3c21. The first-order chi connectivity index (χ1) is 7.81. The van der Waals surface area contributed by atoms with Crippen molar-refractivity contribution in [3.63, 3.8) is 0 Å². The molecule has 3 nitrogen and oxygen atoms in total. The molecule has 0 bridgehead atoms. The second kappa shape index (κ2) is 3.30. The molecule has 3 aromatic rings. The van der Waals surface area contributed by atoms with Crippen LogP contribution in [0.4, 0.5) is 0 Å². The zero-order valence-corrected chi connectivity index (χ0v) is 9.44. The van der Waals surface area contributed by atoms with E-state index in [9.17, 15) is 0 Å². The average molecular weight is 211 g/mol. The highest BCUT2D eigenvalue weighted by atomic mass is 15.1. The lowest BCUT2D eigenvalue weighted by atomic mass is 10.2. The molecule has 0 radical (unpaired) electrons. The first-order valence-corrected chi connectivity index (χ1v) is 5.52. The number of fused-ring (bicyclic) bond motifs is 3. The zero-order valence-electron chi connectivity index (χ0n) is 9.44. The van der Waals surface area contributed by atoms with Crippen LogP contribution in [0.2, 0.25) is 0 Å². The van der Waals surface area contributed by atoms with Crippen LogP contribution in [-0.4, -0.2) is 14.5 Å². The largest absolute Gasteiger partial charge is 0.328 e. The van der Waals surface area contributed by atoms with Crippen molar-refractivity contribution >= 4 is 21.9 Å². The number of rotatable bonds is 1. The van der Waals surface area contributed by atoms with Gasteiger partial charge in [-0.25, -0.2) is 4.98 Å². The molecular weight excluding hydrogens is 198 g/mol. The van der Waals surface area contributed by atoms with Gasteiger partial charge in [-0.2, -0.15) is 0 Å². The van der Waals surface area contributed by atoms with Gasteiger partial charge in [-0.05, 0) is 19.9 Å². The molecule has 0 aliphatic carbocycles. The highest BCUT2D eigenvalue weighted by molar-refractivity contribution is 6.02. The van der Waals surface area contributed by atoms with E-state index in [2.05, 4.69) is 27.5 Å². The summed E-state index contributed by atoms with van der Waals surface area (Å²) in [4.78, 5) is 8.96. The van der Waals surface area contributed by atoms with E-state index in [1.165, 1.54) is 10.9 Å². The van der Waals surface area contributed by atoms with Gasteiger partial charge in [-0.1, -0.05) is 18.2 Å². The number of pyridine rings is 1. The van der Waals surface area contributed by atoms with Crippen LogP contribution in [0.3, 0.4) is 0 Å². The molecule has 80 valence electrons. The Morgan fingerprint density at radius 2 is 2.00 bits per heavy atom. The summed E-state index contributed by atoms with van der Waals surface area (Å²) in [6.45, 7) is 5.12. The number of para-hydroxylation sites is 1. The second-order valence-corrected chi connectivity index (χ2v) is 3.91. The third-order valence-corrected chi connectivity index (χ3v) is 2.99. The maximum atomic E-state index is 4.53. The summed E-state index contributed by atoms with van der Waals surface area (Å²) in [7, 11) is 0. The van der Waals surface area contributed by atoms with Gasteiger partial charge in [0.1, 0.15) is 11.3 Å². The monoisotopic (exact) mass is 211 g/mol. The summed E-state index contributed by atoms with van der Waals surface area (Å²) in [5.41, 5.74) is 3.22. The number of aryl methyl sites for hydroxylation is 2. The fourth-order valence-electron chi connectivity index (χ4n) is 2.27. The van der Waals surface area contributed by atoms with Crippen LogP contribution in [0, 0.1) is 6.92 Å². The topological polar surface area (TPSA) is 30.7 Å². The Kier molecular flexibility index (Phi) is 1.93. The Labute approximate surface area is 93.7 Å². The maximum absolute atomic E-state index is 4.53. The molecule has 3 rings (SSSR count). The summed E-state index contributed by atoms with van der Waals surface area (Å²) in [5, 5.41) is 1.18. The number of imidazole rings is 1. The van der Waals surface area contributed by atoms with Crippen LogP contribution in [0.15, 0.2) is 30.5 Å². The van der Waals surface area contributed by atoms with Gasteiger partial charge in [-0.3, -0.25) is 4.98 Å². The molecule has 0 saturated carbocycles. The summed E-state index contributed by atoms with van der Waals surface area (Å²) in [5.74, 6) is 1.05. The van der Waals surface area contributed by atoms with Crippen LogP contribution < -0.4 is 0 Å². The Bertz CT molecular complexity index is 667. The maximum Gasteiger partial charge on any atom is 0.108 e. The van der Waals surface area contributed by atoms with Gasteiger partial charge in [-0.15, -0.1) is 0 Å². The third-order valence-electron chi connectivity index (χ3n) is 2.99. The van der Waals surface area contributed by atoms with Crippen molar-refractivity contribution in [3.05, 3.63) is 36.3 Å². The molecule has 0 saturated heterocycles. The number of hydrogen-bond acceptors (Lipinski definition) is 2. The Balaban J connectivity index is 2.57. The van der Waals surface area contributed by atoms with E-state index in [4.69, 9.17) is 0 Å². The van der Waals surface area contributed by atoms with Crippen LogP contribution in [0.1, 0.15) is 12.7 Å². The van der Waals surface area contributed by atoms with Crippen molar-refractivity contribution in [1.82, 2.24) is 14.5 Å². The fourth-order valence-corrected chi connectivity index (χ4v) is 2.27.